The topological polar surface area (TPSA) is 86.9 Å². The maximum Gasteiger partial charge on any atom is 0.188 e. The Labute approximate surface area is 190 Å². The van der Waals surface area contributed by atoms with Crippen molar-refractivity contribution >= 4 is 16.6 Å². The molecule has 0 spiro atoms. The van der Waals surface area contributed by atoms with E-state index in [4.69, 9.17) is 10.7 Å². The van der Waals surface area contributed by atoms with Gasteiger partial charge in [0.05, 0.1) is 17.5 Å². The highest BCUT2D eigenvalue weighted by atomic mass is 15.3. The standard InChI is InChI=1S/C26H21N7/c1-32-15-23(28-16-32)26-31-30-25-21-13-20(18-5-3-2-4-6-18)24(29-22(21)11-12-33(25)26)19-9-7-17(14-27)8-10-19/h2-13,15-16H,14,27H2,1H3. The maximum absolute atomic E-state index is 5.80. The monoisotopic (exact) mass is 431 g/mol. The highest BCUT2D eigenvalue weighted by Gasteiger charge is 2.17. The molecule has 0 aliphatic rings. The van der Waals surface area contributed by atoms with Gasteiger partial charge in [0.2, 0.25) is 0 Å². The van der Waals surface area contributed by atoms with Gasteiger partial charge in [0, 0.05) is 42.5 Å². The van der Waals surface area contributed by atoms with Crippen molar-refractivity contribution in [1.82, 2.24) is 29.1 Å². The number of fused-ring (bicyclic) bond motifs is 3. The van der Waals surface area contributed by atoms with Gasteiger partial charge < -0.3 is 10.3 Å². The quantitative estimate of drug-likeness (QED) is 0.445. The summed E-state index contributed by atoms with van der Waals surface area (Å²) in [5, 5.41) is 9.87. The fourth-order valence-corrected chi connectivity index (χ4v) is 4.15. The van der Waals surface area contributed by atoms with E-state index in [1.807, 2.05) is 52.7 Å². The molecule has 0 saturated heterocycles. The smallest absolute Gasteiger partial charge is 0.188 e. The number of nitrogens with two attached hydrogens (primary N) is 1. The first kappa shape index (κ1) is 19.3. The Bertz CT molecular complexity index is 1600. The van der Waals surface area contributed by atoms with Crippen LogP contribution in [0.25, 0.3) is 50.5 Å². The second kappa shape index (κ2) is 7.65. The van der Waals surface area contributed by atoms with Gasteiger partial charge in [0.25, 0.3) is 0 Å². The summed E-state index contributed by atoms with van der Waals surface area (Å²) in [6, 6.07) is 22.7. The summed E-state index contributed by atoms with van der Waals surface area (Å²) < 4.78 is 3.87. The average Bonchev–Trinajstić information content (AvgIpc) is 3.50. The van der Waals surface area contributed by atoms with E-state index in [9.17, 15) is 0 Å². The largest absolute Gasteiger partial charge is 0.340 e. The number of nitrogens with zero attached hydrogens (tertiary/aromatic N) is 6. The van der Waals surface area contributed by atoms with Crippen molar-refractivity contribution in [3.8, 4) is 33.9 Å². The fourth-order valence-electron chi connectivity index (χ4n) is 4.15. The Morgan fingerprint density at radius 3 is 2.45 bits per heavy atom. The first-order valence-corrected chi connectivity index (χ1v) is 10.7. The summed E-state index contributed by atoms with van der Waals surface area (Å²) in [6.45, 7) is 0.514. The summed E-state index contributed by atoms with van der Waals surface area (Å²) >= 11 is 0. The summed E-state index contributed by atoms with van der Waals surface area (Å²) in [4.78, 5) is 9.52. The minimum atomic E-state index is 0.514. The zero-order chi connectivity index (χ0) is 22.4. The SMILES string of the molecule is Cn1cnc(-c2nnc3c4cc(-c5ccccc5)c(-c5ccc(CN)cc5)nc4ccn23)c1. The zero-order valence-electron chi connectivity index (χ0n) is 18.1. The lowest BCUT2D eigenvalue weighted by Gasteiger charge is -2.12. The van der Waals surface area contributed by atoms with Crippen molar-refractivity contribution in [3.63, 3.8) is 0 Å². The lowest BCUT2D eigenvalue weighted by atomic mass is 9.97. The van der Waals surface area contributed by atoms with E-state index in [1.165, 1.54) is 0 Å². The molecule has 7 nitrogen and oxygen atoms in total. The van der Waals surface area contributed by atoms with E-state index in [-0.39, 0.29) is 0 Å². The summed E-state index contributed by atoms with van der Waals surface area (Å²) in [6.07, 6.45) is 5.65. The second-order valence-electron chi connectivity index (χ2n) is 8.04. The molecule has 0 saturated carbocycles. The second-order valence-corrected chi connectivity index (χ2v) is 8.04. The van der Waals surface area contributed by atoms with Crippen molar-refractivity contribution in [1.29, 1.82) is 0 Å². The molecule has 33 heavy (non-hydrogen) atoms. The number of benzene rings is 2. The van der Waals surface area contributed by atoms with E-state index in [1.54, 1.807) is 6.33 Å². The van der Waals surface area contributed by atoms with Gasteiger partial charge in [-0.3, -0.25) is 4.40 Å². The third-order valence-corrected chi connectivity index (χ3v) is 5.85. The van der Waals surface area contributed by atoms with Gasteiger partial charge in [-0.15, -0.1) is 10.2 Å². The summed E-state index contributed by atoms with van der Waals surface area (Å²) in [5.74, 6) is 0.704. The van der Waals surface area contributed by atoms with Crippen LogP contribution in [0, 0.1) is 0 Å². The number of imidazole rings is 1. The Morgan fingerprint density at radius 2 is 1.73 bits per heavy atom. The molecule has 0 radical (unpaired) electrons. The highest BCUT2D eigenvalue weighted by molar-refractivity contribution is 5.98. The molecule has 0 unspecified atom stereocenters. The summed E-state index contributed by atoms with van der Waals surface area (Å²) in [5.41, 5.74) is 13.4. The molecule has 2 N–H and O–H groups in total. The summed E-state index contributed by atoms with van der Waals surface area (Å²) in [7, 11) is 1.94. The van der Waals surface area contributed by atoms with Crippen LogP contribution < -0.4 is 5.73 Å². The molecule has 0 atom stereocenters. The zero-order valence-corrected chi connectivity index (χ0v) is 18.1. The van der Waals surface area contributed by atoms with Crippen molar-refractivity contribution in [2.45, 2.75) is 6.54 Å². The molecule has 0 aliphatic heterocycles. The molecule has 6 aromatic rings. The number of aromatic nitrogens is 6. The number of pyridine rings is 2. The average molecular weight is 432 g/mol. The molecule has 4 heterocycles. The van der Waals surface area contributed by atoms with E-state index < -0.39 is 0 Å². The molecule has 0 amide bonds. The van der Waals surface area contributed by atoms with Crippen LogP contribution in [-0.2, 0) is 13.6 Å². The van der Waals surface area contributed by atoms with Gasteiger partial charge >= 0.3 is 0 Å². The van der Waals surface area contributed by atoms with Crippen molar-refractivity contribution in [2.75, 3.05) is 0 Å². The number of rotatable bonds is 4. The van der Waals surface area contributed by atoms with Crippen molar-refractivity contribution in [2.24, 2.45) is 12.8 Å². The molecule has 0 fully saturated rings. The molecule has 160 valence electrons. The van der Waals surface area contributed by atoms with E-state index in [0.29, 0.717) is 12.4 Å². The Balaban J connectivity index is 1.61. The first-order valence-electron chi connectivity index (χ1n) is 10.7. The van der Waals surface area contributed by atoms with Crippen LogP contribution in [0.5, 0.6) is 0 Å². The molecular weight excluding hydrogens is 410 g/mol. The van der Waals surface area contributed by atoms with E-state index >= 15 is 0 Å². The lowest BCUT2D eigenvalue weighted by Crippen LogP contribution is -1.97. The molecule has 6 rings (SSSR count). The minimum absolute atomic E-state index is 0.514. The van der Waals surface area contributed by atoms with E-state index in [0.717, 1.165) is 50.2 Å². The minimum Gasteiger partial charge on any atom is -0.340 e. The van der Waals surface area contributed by atoms with Gasteiger partial charge in [0.15, 0.2) is 11.5 Å². The van der Waals surface area contributed by atoms with Gasteiger partial charge in [-0.2, -0.15) is 0 Å². The maximum atomic E-state index is 5.80. The van der Waals surface area contributed by atoms with Gasteiger partial charge in [0.1, 0.15) is 5.69 Å². The molecule has 4 aromatic heterocycles. The Morgan fingerprint density at radius 1 is 0.909 bits per heavy atom. The van der Waals surface area contributed by atoms with Gasteiger partial charge in [-0.1, -0.05) is 54.6 Å². The third kappa shape index (κ3) is 3.26. The predicted octanol–water partition coefficient (Wildman–Crippen LogP) is 4.47. The van der Waals surface area contributed by atoms with Crippen LogP contribution in [0.2, 0.25) is 0 Å². The van der Waals surface area contributed by atoms with Gasteiger partial charge in [-0.25, -0.2) is 9.97 Å². The van der Waals surface area contributed by atoms with Crippen LogP contribution in [0.3, 0.4) is 0 Å². The molecule has 0 bridgehead atoms. The Kier molecular flexibility index (Phi) is 4.48. The van der Waals surface area contributed by atoms with Crippen molar-refractivity contribution in [3.05, 3.63) is 91.0 Å². The molecular formula is C26H21N7. The number of hydrogen-bond donors (Lipinski definition) is 1. The Hall–Kier alpha value is -4.36. The van der Waals surface area contributed by atoms with Crippen molar-refractivity contribution < 1.29 is 0 Å². The highest BCUT2D eigenvalue weighted by Crippen LogP contribution is 2.35. The van der Waals surface area contributed by atoms with Crippen LogP contribution in [0.4, 0.5) is 0 Å². The normalized spacial score (nSPS) is 11.5. The number of hydrogen-bond acceptors (Lipinski definition) is 5. The fraction of sp³-hybridized carbons (Fsp3) is 0.0769. The van der Waals surface area contributed by atoms with Gasteiger partial charge in [-0.05, 0) is 23.3 Å². The van der Waals surface area contributed by atoms with E-state index in [2.05, 4.69) is 57.6 Å². The molecule has 2 aromatic carbocycles. The lowest BCUT2D eigenvalue weighted by molar-refractivity contribution is 0.913. The van der Waals surface area contributed by atoms with Crippen LogP contribution in [0.15, 0.2) is 85.5 Å². The molecule has 0 aliphatic carbocycles. The van der Waals surface area contributed by atoms with Crippen LogP contribution in [0.1, 0.15) is 5.56 Å². The van der Waals surface area contributed by atoms with Crippen LogP contribution >= 0.6 is 0 Å². The third-order valence-electron chi connectivity index (χ3n) is 5.85. The number of aryl methyl sites for hydroxylation is 1. The predicted molar refractivity (Wildman–Crippen MR) is 129 cm³/mol. The molecule has 7 heteroatoms. The van der Waals surface area contributed by atoms with Crippen LogP contribution in [-0.4, -0.2) is 29.1 Å². The first-order chi connectivity index (χ1) is 16.2.